The minimum atomic E-state index is -4.61. The molecule has 2 aromatic rings. The van der Waals surface area contributed by atoms with Gasteiger partial charge in [-0.25, -0.2) is 9.98 Å². The standard InChI is InChI=1S/C19H12F6N4.Na.H/c1-29-15(9-16(28-29)19(23,24)25)17-26-13-7-6-10(8-14(13)27-17)11-4-2-3-5-12(11)18(20,21)22;;/h2-6,8-9H,7H2,1H3;;. The molecule has 0 saturated carbocycles. The molecular weight excluding hydrogens is 421 g/mol. The van der Waals surface area contributed by atoms with Crippen LogP contribution in [0, 0.1) is 0 Å². The number of amidine groups is 1. The fraction of sp³-hybridized carbons (Fsp3) is 0.211. The van der Waals surface area contributed by atoms with Gasteiger partial charge in [-0.05, 0) is 29.3 Å². The SMILES string of the molecule is Cn1nc(C(F)(F)F)cc1C1=NC2=CC(c3ccccc3C(F)(F)F)=CCC2=N1.[NaH]. The van der Waals surface area contributed by atoms with Gasteiger partial charge in [-0.3, -0.25) is 4.68 Å². The third kappa shape index (κ3) is 4.17. The minimum absolute atomic E-state index is 0. The Balaban J connectivity index is 0.00000256. The van der Waals surface area contributed by atoms with Crippen LogP contribution in [0.2, 0.25) is 0 Å². The van der Waals surface area contributed by atoms with Crippen LogP contribution in [-0.2, 0) is 19.4 Å². The van der Waals surface area contributed by atoms with Crippen molar-refractivity contribution in [1.29, 1.82) is 0 Å². The summed E-state index contributed by atoms with van der Waals surface area (Å²) in [6, 6.07) is 6.02. The van der Waals surface area contributed by atoms with Crippen LogP contribution >= 0.6 is 0 Å². The molecule has 0 bridgehead atoms. The number of rotatable bonds is 2. The number of allylic oxidation sites excluding steroid dienone is 4. The Morgan fingerprint density at radius 2 is 1.67 bits per heavy atom. The van der Waals surface area contributed by atoms with E-state index in [1.54, 1.807) is 6.08 Å². The summed E-state index contributed by atoms with van der Waals surface area (Å²) in [4.78, 5) is 8.47. The topological polar surface area (TPSA) is 42.5 Å². The first-order chi connectivity index (χ1) is 13.5. The van der Waals surface area contributed by atoms with Crippen LogP contribution in [-0.4, -0.2) is 50.9 Å². The van der Waals surface area contributed by atoms with E-state index >= 15 is 0 Å². The van der Waals surface area contributed by atoms with E-state index in [-0.39, 0.29) is 53.1 Å². The molecule has 4 rings (SSSR count). The molecule has 1 aromatic heterocycles. The molecule has 0 fully saturated rings. The Bertz CT molecular complexity index is 1120. The molecule has 1 aliphatic heterocycles. The second kappa shape index (κ2) is 7.82. The van der Waals surface area contributed by atoms with E-state index < -0.39 is 23.6 Å². The van der Waals surface area contributed by atoms with Crippen LogP contribution in [0.1, 0.15) is 28.9 Å². The van der Waals surface area contributed by atoms with E-state index in [4.69, 9.17) is 0 Å². The number of aryl methyl sites for hydroxylation is 1. The van der Waals surface area contributed by atoms with E-state index in [9.17, 15) is 26.3 Å². The molecule has 152 valence electrons. The normalized spacial score (nSPS) is 16.2. The van der Waals surface area contributed by atoms with Crippen molar-refractivity contribution in [3.05, 3.63) is 70.7 Å². The number of alkyl halides is 6. The maximum atomic E-state index is 13.3. The second-order valence-corrected chi connectivity index (χ2v) is 6.47. The molecule has 1 aromatic carbocycles. The Hall–Kier alpha value is -2.17. The molecule has 30 heavy (non-hydrogen) atoms. The van der Waals surface area contributed by atoms with Crippen LogP contribution in [0.15, 0.2) is 58.2 Å². The van der Waals surface area contributed by atoms with Gasteiger partial charge < -0.3 is 0 Å². The molecular formula is C19H13F6N4Na. The van der Waals surface area contributed by atoms with Gasteiger partial charge in [-0.15, -0.1) is 0 Å². The number of hydrogen-bond donors (Lipinski definition) is 0. The Morgan fingerprint density at radius 3 is 2.30 bits per heavy atom. The Labute approximate surface area is 189 Å². The van der Waals surface area contributed by atoms with Crippen molar-refractivity contribution in [1.82, 2.24) is 9.78 Å². The molecule has 2 aliphatic rings. The molecule has 11 heteroatoms. The molecule has 0 radical (unpaired) electrons. The van der Waals surface area contributed by atoms with Crippen molar-refractivity contribution in [3.8, 4) is 0 Å². The van der Waals surface area contributed by atoms with Crippen molar-refractivity contribution in [2.75, 3.05) is 0 Å². The predicted molar refractivity (Wildman–Crippen MR) is 101 cm³/mol. The first kappa shape index (κ1) is 22.5. The third-order valence-electron chi connectivity index (χ3n) is 4.51. The summed E-state index contributed by atoms with van der Waals surface area (Å²) in [6.07, 6.45) is -5.86. The third-order valence-corrected chi connectivity index (χ3v) is 4.51. The number of nitrogens with zero attached hydrogens (tertiary/aromatic N) is 4. The summed E-state index contributed by atoms with van der Waals surface area (Å²) in [7, 11) is 1.34. The Kier molecular flexibility index (Phi) is 5.87. The first-order valence-corrected chi connectivity index (χ1v) is 8.41. The van der Waals surface area contributed by atoms with Gasteiger partial charge in [0.2, 0.25) is 0 Å². The van der Waals surface area contributed by atoms with E-state index in [1.807, 2.05) is 0 Å². The molecule has 2 heterocycles. The number of fused-ring (bicyclic) bond motifs is 1. The zero-order chi connectivity index (χ0) is 21.0. The monoisotopic (exact) mass is 434 g/mol. The molecule has 0 atom stereocenters. The first-order valence-electron chi connectivity index (χ1n) is 8.41. The quantitative estimate of drug-likeness (QED) is 0.511. The summed E-state index contributed by atoms with van der Waals surface area (Å²) >= 11 is 0. The summed E-state index contributed by atoms with van der Waals surface area (Å²) < 4.78 is 79.5. The van der Waals surface area contributed by atoms with Gasteiger partial charge in [0, 0.05) is 13.5 Å². The number of hydrogen-bond acceptors (Lipinski definition) is 3. The number of aromatic nitrogens is 2. The summed E-state index contributed by atoms with van der Waals surface area (Å²) in [5.74, 6) is 0.0375. The summed E-state index contributed by atoms with van der Waals surface area (Å²) in [6.45, 7) is 0. The molecule has 4 nitrogen and oxygen atoms in total. The average Bonchev–Trinajstić information content (AvgIpc) is 3.23. The van der Waals surface area contributed by atoms with Gasteiger partial charge >= 0.3 is 41.9 Å². The van der Waals surface area contributed by atoms with Crippen LogP contribution in [0.25, 0.3) is 5.57 Å². The van der Waals surface area contributed by atoms with Crippen molar-refractivity contribution in [3.63, 3.8) is 0 Å². The number of benzene rings is 1. The molecule has 0 N–H and O–H groups in total. The molecule has 0 spiro atoms. The summed E-state index contributed by atoms with van der Waals surface area (Å²) in [5, 5.41) is 3.43. The van der Waals surface area contributed by atoms with Gasteiger partial charge in [0.15, 0.2) is 11.5 Å². The summed E-state index contributed by atoms with van der Waals surface area (Å²) in [5.41, 5.74) is -0.635. The van der Waals surface area contributed by atoms with Gasteiger partial charge in [-0.1, -0.05) is 24.3 Å². The molecule has 0 amide bonds. The maximum absolute atomic E-state index is 13.3. The van der Waals surface area contributed by atoms with E-state index in [0.29, 0.717) is 17.0 Å². The van der Waals surface area contributed by atoms with Crippen molar-refractivity contribution >= 4 is 46.7 Å². The van der Waals surface area contributed by atoms with Gasteiger partial charge in [0.05, 0.1) is 17.0 Å². The van der Waals surface area contributed by atoms with E-state index in [2.05, 4.69) is 15.1 Å². The van der Waals surface area contributed by atoms with Crippen LogP contribution in [0.4, 0.5) is 26.3 Å². The number of aliphatic imine (C=N–C) groups is 2. The van der Waals surface area contributed by atoms with Crippen LogP contribution in [0.5, 0.6) is 0 Å². The predicted octanol–water partition coefficient (Wildman–Crippen LogP) is 4.38. The molecule has 0 unspecified atom stereocenters. The Morgan fingerprint density at radius 1 is 0.967 bits per heavy atom. The number of halogens is 6. The fourth-order valence-corrected chi connectivity index (χ4v) is 3.17. The fourth-order valence-electron chi connectivity index (χ4n) is 3.17. The van der Waals surface area contributed by atoms with Crippen LogP contribution < -0.4 is 0 Å². The van der Waals surface area contributed by atoms with Crippen LogP contribution in [0.3, 0.4) is 0 Å². The molecule has 0 saturated heterocycles. The zero-order valence-electron chi connectivity index (χ0n) is 14.8. The van der Waals surface area contributed by atoms with Crippen molar-refractivity contribution in [2.24, 2.45) is 17.0 Å². The van der Waals surface area contributed by atoms with Gasteiger partial charge in [0.25, 0.3) is 0 Å². The van der Waals surface area contributed by atoms with E-state index in [0.717, 1.165) is 16.8 Å². The zero-order valence-corrected chi connectivity index (χ0v) is 14.8. The van der Waals surface area contributed by atoms with Crippen molar-refractivity contribution in [2.45, 2.75) is 18.8 Å². The second-order valence-electron chi connectivity index (χ2n) is 6.47. The van der Waals surface area contributed by atoms with Crippen molar-refractivity contribution < 1.29 is 26.3 Å². The van der Waals surface area contributed by atoms with Gasteiger partial charge in [-0.2, -0.15) is 31.4 Å². The average molecular weight is 434 g/mol. The van der Waals surface area contributed by atoms with E-state index in [1.165, 1.54) is 31.3 Å². The van der Waals surface area contributed by atoms with Gasteiger partial charge in [0.1, 0.15) is 5.69 Å². The molecule has 1 aliphatic carbocycles.